The smallest absolute Gasteiger partial charge is 0.248 e. The van der Waals surface area contributed by atoms with Gasteiger partial charge in [0.1, 0.15) is 5.54 Å². The molecule has 1 heterocycles. The van der Waals surface area contributed by atoms with E-state index in [0.717, 1.165) is 6.42 Å². The molecule has 90 valence electrons. The highest BCUT2D eigenvalue weighted by molar-refractivity contribution is 5.93. The van der Waals surface area contributed by atoms with Crippen molar-refractivity contribution in [3.8, 4) is 0 Å². The number of hydrogen-bond donors (Lipinski definition) is 1. The molecular weight excluding hydrogens is 204 g/mol. The summed E-state index contributed by atoms with van der Waals surface area (Å²) in [5.41, 5.74) is -0.536. The Kier molecular flexibility index (Phi) is 2.30. The maximum Gasteiger partial charge on any atom is 0.248 e. The molecule has 1 atom stereocenters. The van der Waals surface area contributed by atoms with Gasteiger partial charge in [0, 0.05) is 19.0 Å². The SMILES string of the molecule is CC1(C)NC(=O)CCN(C2CC2(C)C)C1=O. The molecule has 0 aromatic rings. The van der Waals surface area contributed by atoms with Gasteiger partial charge in [-0.15, -0.1) is 0 Å². The third-order valence-electron chi connectivity index (χ3n) is 3.66. The molecule has 0 aromatic carbocycles. The quantitative estimate of drug-likeness (QED) is 0.720. The summed E-state index contributed by atoms with van der Waals surface area (Å²) < 4.78 is 0. The Labute approximate surface area is 96.4 Å². The lowest BCUT2D eigenvalue weighted by molar-refractivity contribution is -0.138. The maximum atomic E-state index is 12.3. The average Bonchev–Trinajstić information content (AvgIpc) is 2.74. The molecule has 1 unspecified atom stereocenters. The van der Waals surface area contributed by atoms with Crippen LogP contribution >= 0.6 is 0 Å². The minimum atomic E-state index is -0.758. The van der Waals surface area contributed by atoms with Gasteiger partial charge in [0.25, 0.3) is 0 Å². The van der Waals surface area contributed by atoms with Crippen molar-refractivity contribution in [1.29, 1.82) is 0 Å². The molecule has 0 aromatic heterocycles. The molecule has 16 heavy (non-hydrogen) atoms. The van der Waals surface area contributed by atoms with E-state index in [1.807, 2.05) is 4.90 Å². The number of carbonyl (C=O) groups excluding carboxylic acids is 2. The molecule has 2 fully saturated rings. The summed E-state index contributed by atoms with van der Waals surface area (Å²) in [6.07, 6.45) is 1.46. The minimum absolute atomic E-state index is 0.0284. The minimum Gasteiger partial charge on any atom is -0.342 e. The molecule has 1 N–H and O–H groups in total. The van der Waals surface area contributed by atoms with Gasteiger partial charge < -0.3 is 10.2 Å². The van der Waals surface area contributed by atoms with E-state index in [4.69, 9.17) is 0 Å². The first-order valence-corrected chi connectivity index (χ1v) is 5.86. The van der Waals surface area contributed by atoms with Gasteiger partial charge in [0.15, 0.2) is 0 Å². The molecule has 2 rings (SSSR count). The van der Waals surface area contributed by atoms with Crippen molar-refractivity contribution < 1.29 is 9.59 Å². The first-order valence-electron chi connectivity index (χ1n) is 5.86. The van der Waals surface area contributed by atoms with Crippen LogP contribution in [0.25, 0.3) is 0 Å². The summed E-state index contributed by atoms with van der Waals surface area (Å²) >= 11 is 0. The van der Waals surface area contributed by atoms with E-state index in [0.29, 0.717) is 19.0 Å². The molecule has 1 saturated carbocycles. The zero-order chi connectivity index (χ0) is 12.1. The topological polar surface area (TPSA) is 49.4 Å². The Morgan fingerprint density at radius 1 is 1.25 bits per heavy atom. The van der Waals surface area contributed by atoms with E-state index in [2.05, 4.69) is 19.2 Å². The van der Waals surface area contributed by atoms with Crippen LogP contribution in [0.1, 0.15) is 40.5 Å². The molecule has 1 aliphatic heterocycles. The van der Waals surface area contributed by atoms with Gasteiger partial charge in [0.2, 0.25) is 11.8 Å². The number of hydrogen-bond acceptors (Lipinski definition) is 2. The highest BCUT2D eigenvalue weighted by atomic mass is 16.2. The van der Waals surface area contributed by atoms with E-state index in [1.54, 1.807) is 13.8 Å². The molecule has 4 nitrogen and oxygen atoms in total. The Morgan fingerprint density at radius 3 is 2.31 bits per heavy atom. The third-order valence-corrected chi connectivity index (χ3v) is 3.66. The van der Waals surface area contributed by atoms with Crippen LogP contribution in [-0.4, -0.2) is 34.8 Å². The summed E-state index contributed by atoms with van der Waals surface area (Å²) in [5, 5.41) is 2.78. The van der Waals surface area contributed by atoms with Crippen LogP contribution in [-0.2, 0) is 9.59 Å². The van der Waals surface area contributed by atoms with E-state index in [-0.39, 0.29) is 17.2 Å². The Hall–Kier alpha value is -1.06. The van der Waals surface area contributed by atoms with Gasteiger partial charge in [0.05, 0.1) is 0 Å². The van der Waals surface area contributed by atoms with Crippen molar-refractivity contribution in [1.82, 2.24) is 10.2 Å². The Morgan fingerprint density at radius 2 is 1.81 bits per heavy atom. The highest BCUT2D eigenvalue weighted by Crippen LogP contribution is 2.49. The van der Waals surface area contributed by atoms with E-state index in [9.17, 15) is 9.59 Å². The number of carbonyl (C=O) groups is 2. The summed E-state index contributed by atoms with van der Waals surface area (Å²) in [4.78, 5) is 25.7. The molecule has 2 amide bonds. The van der Waals surface area contributed by atoms with E-state index < -0.39 is 5.54 Å². The summed E-state index contributed by atoms with van der Waals surface area (Å²) in [6, 6.07) is 0.312. The lowest BCUT2D eigenvalue weighted by Gasteiger charge is -2.30. The molecule has 0 bridgehead atoms. The fraction of sp³-hybridized carbons (Fsp3) is 0.833. The Bertz CT molecular complexity index is 347. The lowest BCUT2D eigenvalue weighted by atomic mass is 10.0. The van der Waals surface area contributed by atoms with Crippen molar-refractivity contribution in [3.63, 3.8) is 0 Å². The van der Waals surface area contributed by atoms with Crippen LogP contribution in [0.2, 0.25) is 0 Å². The Balaban J connectivity index is 2.20. The summed E-state index contributed by atoms with van der Waals surface area (Å²) in [5.74, 6) is 0.0215. The molecule has 1 aliphatic carbocycles. The predicted octanol–water partition coefficient (Wildman–Crippen LogP) is 0.912. The van der Waals surface area contributed by atoms with Crippen LogP contribution in [0.4, 0.5) is 0 Å². The summed E-state index contributed by atoms with van der Waals surface area (Å²) in [7, 11) is 0. The average molecular weight is 224 g/mol. The van der Waals surface area contributed by atoms with Crippen molar-refractivity contribution in [3.05, 3.63) is 0 Å². The normalized spacial score (nSPS) is 32.0. The second-order valence-corrected chi connectivity index (χ2v) is 6.13. The monoisotopic (exact) mass is 224 g/mol. The van der Waals surface area contributed by atoms with Crippen LogP contribution in [0.15, 0.2) is 0 Å². The highest BCUT2D eigenvalue weighted by Gasteiger charge is 2.53. The zero-order valence-corrected chi connectivity index (χ0v) is 10.5. The second-order valence-electron chi connectivity index (χ2n) is 6.13. The molecule has 1 saturated heterocycles. The van der Waals surface area contributed by atoms with E-state index >= 15 is 0 Å². The summed E-state index contributed by atoms with van der Waals surface area (Å²) in [6.45, 7) is 8.44. The molecule has 4 heteroatoms. The third kappa shape index (κ3) is 1.81. The fourth-order valence-electron chi connectivity index (χ4n) is 2.42. The number of nitrogens with one attached hydrogen (secondary N) is 1. The van der Waals surface area contributed by atoms with Gasteiger partial charge >= 0.3 is 0 Å². The predicted molar refractivity (Wildman–Crippen MR) is 60.7 cm³/mol. The largest absolute Gasteiger partial charge is 0.342 e. The van der Waals surface area contributed by atoms with Crippen LogP contribution in [0.3, 0.4) is 0 Å². The number of rotatable bonds is 1. The molecular formula is C12H20N2O2. The van der Waals surface area contributed by atoms with Crippen molar-refractivity contribution in [2.75, 3.05) is 6.54 Å². The first kappa shape index (κ1) is 11.4. The van der Waals surface area contributed by atoms with Crippen LogP contribution in [0, 0.1) is 5.41 Å². The van der Waals surface area contributed by atoms with Crippen LogP contribution in [0.5, 0.6) is 0 Å². The molecule has 0 radical (unpaired) electrons. The zero-order valence-electron chi connectivity index (χ0n) is 10.5. The fourth-order valence-corrected chi connectivity index (χ4v) is 2.42. The van der Waals surface area contributed by atoms with Gasteiger partial charge in [-0.05, 0) is 25.7 Å². The van der Waals surface area contributed by atoms with Gasteiger partial charge in [-0.3, -0.25) is 9.59 Å². The molecule has 2 aliphatic rings. The van der Waals surface area contributed by atoms with Gasteiger partial charge in [-0.2, -0.15) is 0 Å². The van der Waals surface area contributed by atoms with Gasteiger partial charge in [-0.1, -0.05) is 13.8 Å². The second kappa shape index (κ2) is 3.22. The molecule has 0 spiro atoms. The lowest BCUT2D eigenvalue weighted by Crippen LogP contribution is -2.53. The van der Waals surface area contributed by atoms with Crippen molar-refractivity contribution >= 4 is 11.8 Å². The number of nitrogens with zero attached hydrogens (tertiary/aromatic N) is 1. The first-order chi connectivity index (χ1) is 7.24. The van der Waals surface area contributed by atoms with Crippen molar-refractivity contribution in [2.45, 2.75) is 52.1 Å². The standard InChI is InChI=1S/C12H20N2O2/c1-11(2)7-8(11)14-6-5-9(15)13-12(3,4)10(14)16/h8H,5-7H2,1-4H3,(H,13,15). The maximum absolute atomic E-state index is 12.3. The van der Waals surface area contributed by atoms with Crippen LogP contribution < -0.4 is 5.32 Å². The number of amides is 2. The van der Waals surface area contributed by atoms with Gasteiger partial charge in [-0.25, -0.2) is 0 Å². The van der Waals surface area contributed by atoms with Crippen molar-refractivity contribution in [2.24, 2.45) is 5.41 Å². The van der Waals surface area contributed by atoms with E-state index in [1.165, 1.54) is 0 Å².